The summed E-state index contributed by atoms with van der Waals surface area (Å²) in [7, 11) is 0. The van der Waals surface area contributed by atoms with Gasteiger partial charge in [0, 0.05) is 24.2 Å². The Morgan fingerprint density at radius 1 is 1.41 bits per heavy atom. The molecule has 122 valence electrons. The molecule has 8 heteroatoms. The average molecular weight is 316 g/mol. The summed E-state index contributed by atoms with van der Waals surface area (Å²) < 4.78 is 37.2. The van der Waals surface area contributed by atoms with E-state index in [1.807, 2.05) is 20.8 Å². The topological polar surface area (TPSA) is 58.1 Å². The second kappa shape index (κ2) is 6.10. The average Bonchev–Trinajstić information content (AvgIpc) is 2.69. The van der Waals surface area contributed by atoms with E-state index in [9.17, 15) is 18.0 Å². The molecule has 1 aromatic rings. The summed E-state index contributed by atoms with van der Waals surface area (Å²) in [4.78, 5) is 21.5. The van der Waals surface area contributed by atoms with Crippen LogP contribution in [0, 0.1) is 6.92 Å². The normalized spacial score (nSPS) is 19.1. The number of amides is 1. The number of nitrogens with zero attached hydrogens (tertiary/aromatic N) is 3. The third-order valence-corrected chi connectivity index (χ3v) is 3.38. The standard InChI is InChI=1S/C14H19F3N4O/c1-8(2)12-18-9(3)6-11(20-12)19-10-4-5-21(13(10)22)7-14(15,16)17/h6,8,10H,4-5,7H2,1-3H3,(H,18,19,20). The molecule has 0 aliphatic carbocycles. The van der Waals surface area contributed by atoms with Crippen LogP contribution in [0.3, 0.4) is 0 Å². The molecule has 2 rings (SSSR count). The third-order valence-electron chi connectivity index (χ3n) is 3.38. The van der Waals surface area contributed by atoms with Crippen molar-refractivity contribution in [3.63, 3.8) is 0 Å². The Kier molecular flexibility index (Phi) is 4.58. The fourth-order valence-corrected chi connectivity index (χ4v) is 2.35. The van der Waals surface area contributed by atoms with Crippen molar-refractivity contribution in [2.75, 3.05) is 18.4 Å². The summed E-state index contributed by atoms with van der Waals surface area (Å²) in [5, 5.41) is 2.93. The minimum Gasteiger partial charge on any atom is -0.358 e. The lowest BCUT2D eigenvalue weighted by Gasteiger charge is -2.19. The quantitative estimate of drug-likeness (QED) is 0.927. The van der Waals surface area contributed by atoms with Crippen LogP contribution in [0.1, 0.15) is 37.7 Å². The highest BCUT2D eigenvalue weighted by Crippen LogP contribution is 2.23. The smallest absolute Gasteiger partial charge is 0.358 e. The van der Waals surface area contributed by atoms with Crippen molar-refractivity contribution in [2.45, 2.75) is 45.3 Å². The Morgan fingerprint density at radius 3 is 2.68 bits per heavy atom. The molecule has 1 amide bonds. The summed E-state index contributed by atoms with van der Waals surface area (Å²) >= 11 is 0. The van der Waals surface area contributed by atoms with Crippen LogP contribution in [0.5, 0.6) is 0 Å². The molecule has 0 radical (unpaired) electrons. The lowest BCUT2D eigenvalue weighted by Crippen LogP contribution is -2.39. The minimum absolute atomic E-state index is 0.0944. The van der Waals surface area contributed by atoms with Gasteiger partial charge in [-0.05, 0) is 13.3 Å². The Labute approximate surface area is 126 Å². The number of hydrogen-bond acceptors (Lipinski definition) is 4. The molecule has 1 aromatic heterocycles. The number of anilines is 1. The maximum absolute atomic E-state index is 12.4. The summed E-state index contributed by atoms with van der Waals surface area (Å²) in [5.41, 5.74) is 0.749. The van der Waals surface area contributed by atoms with Crippen molar-refractivity contribution >= 4 is 11.7 Å². The molecule has 0 saturated carbocycles. The fourth-order valence-electron chi connectivity index (χ4n) is 2.35. The summed E-state index contributed by atoms with van der Waals surface area (Å²) in [5.74, 6) is 0.699. The second-order valence-electron chi connectivity index (χ2n) is 5.77. The Morgan fingerprint density at radius 2 is 2.09 bits per heavy atom. The van der Waals surface area contributed by atoms with E-state index in [1.54, 1.807) is 6.07 Å². The van der Waals surface area contributed by atoms with Gasteiger partial charge in [0.2, 0.25) is 5.91 Å². The number of halogens is 3. The predicted molar refractivity (Wildman–Crippen MR) is 75.5 cm³/mol. The number of alkyl halides is 3. The van der Waals surface area contributed by atoms with Gasteiger partial charge in [0.05, 0.1) is 0 Å². The lowest BCUT2D eigenvalue weighted by molar-refractivity contribution is -0.157. The van der Waals surface area contributed by atoms with Crippen LogP contribution in [-0.2, 0) is 4.79 Å². The zero-order chi connectivity index (χ0) is 16.5. The molecule has 1 fully saturated rings. The van der Waals surface area contributed by atoms with Crippen molar-refractivity contribution < 1.29 is 18.0 Å². The molecule has 1 unspecified atom stereocenters. The highest BCUT2D eigenvalue weighted by molar-refractivity contribution is 5.86. The number of carbonyl (C=O) groups is 1. The van der Waals surface area contributed by atoms with Crippen molar-refractivity contribution in [1.82, 2.24) is 14.9 Å². The van der Waals surface area contributed by atoms with Crippen LogP contribution in [0.15, 0.2) is 6.07 Å². The fraction of sp³-hybridized carbons (Fsp3) is 0.643. The van der Waals surface area contributed by atoms with Crippen LogP contribution in [-0.4, -0.2) is 46.1 Å². The van der Waals surface area contributed by atoms with E-state index >= 15 is 0 Å². The number of hydrogen-bond donors (Lipinski definition) is 1. The van der Waals surface area contributed by atoms with Gasteiger partial charge in [-0.3, -0.25) is 4.79 Å². The molecular formula is C14H19F3N4O. The van der Waals surface area contributed by atoms with Crippen molar-refractivity contribution in [3.05, 3.63) is 17.6 Å². The molecular weight excluding hydrogens is 297 g/mol. The molecule has 0 spiro atoms. The van der Waals surface area contributed by atoms with Crippen LogP contribution in [0.25, 0.3) is 0 Å². The molecule has 1 aliphatic rings. The highest BCUT2D eigenvalue weighted by Gasteiger charge is 2.39. The second-order valence-corrected chi connectivity index (χ2v) is 5.77. The Hall–Kier alpha value is -1.86. The number of likely N-dealkylation sites (tertiary alicyclic amines) is 1. The summed E-state index contributed by atoms with van der Waals surface area (Å²) in [6, 6.07) is 1.02. The molecule has 1 atom stereocenters. The van der Waals surface area contributed by atoms with Gasteiger partial charge in [-0.25, -0.2) is 9.97 Å². The largest absolute Gasteiger partial charge is 0.406 e. The molecule has 2 heterocycles. The Bertz CT molecular complexity index is 560. The SMILES string of the molecule is Cc1cc(NC2CCN(CC(F)(F)F)C2=O)nc(C(C)C)n1. The van der Waals surface area contributed by atoms with Crippen LogP contribution >= 0.6 is 0 Å². The minimum atomic E-state index is -4.37. The van der Waals surface area contributed by atoms with E-state index < -0.39 is 24.7 Å². The first-order valence-electron chi connectivity index (χ1n) is 7.13. The Balaban J connectivity index is 2.07. The van der Waals surface area contributed by atoms with Gasteiger partial charge in [-0.1, -0.05) is 13.8 Å². The first-order valence-corrected chi connectivity index (χ1v) is 7.13. The monoisotopic (exact) mass is 316 g/mol. The number of carbonyl (C=O) groups excluding carboxylic acids is 1. The van der Waals surface area contributed by atoms with Gasteiger partial charge in [0.25, 0.3) is 0 Å². The highest BCUT2D eigenvalue weighted by atomic mass is 19.4. The summed E-state index contributed by atoms with van der Waals surface area (Å²) in [6.07, 6.45) is -4.05. The van der Waals surface area contributed by atoms with E-state index in [2.05, 4.69) is 15.3 Å². The number of aryl methyl sites for hydroxylation is 1. The van der Waals surface area contributed by atoms with Crippen LogP contribution in [0.4, 0.5) is 19.0 Å². The lowest BCUT2D eigenvalue weighted by atomic mass is 10.2. The zero-order valence-corrected chi connectivity index (χ0v) is 12.7. The van der Waals surface area contributed by atoms with Gasteiger partial charge in [-0.2, -0.15) is 13.2 Å². The van der Waals surface area contributed by atoms with Gasteiger partial charge in [0.15, 0.2) is 0 Å². The van der Waals surface area contributed by atoms with Crippen LogP contribution in [0.2, 0.25) is 0 Å². The number of nitrogens with one attached hydrogen (secondary N) is 1. The van der Waals surface area contributed by atoms with Gasteiger partial charge >= 0.3 is 6.18 Å². The zero-order valence-electron chi connectivity index (χ0n) is 12.7. The van der Waals surface area contributed by atoms with Gasteiger partial charge in [-0.15, -0.1) is 0 Å². The molecule has 1 saturated heterocycles. The number of rotatable bonds is 4. The first kappa shape index (κ1) is 16.5. The molecule has 0 aromatic carbocycles. The van der Waals surface area contributed by atoms with E-state index in [1.165, 1.54) is 0 Å². The summed E-state index contributed by atoms with van der Waals surface area (Å²) in [6.45, 7) is 4.60. The first-order chi connectivity index (χ1) is 10.2. The van der Waals surface area contributed by atoms with Crippen molar-refractivity contribution in [2.24, 2.45) is 0 Å². The van der Waals surface area contributed by atoms with E-state index in [0.717, 1.165) is 10.6 Å². The molecule has 1 aliphatic heterocycles. The maximum atomic E-state index is 12.4. The molecule has 0 bridgehead atoms. The van der Waals surface area contributed by atoms with Crippen molar-refractivity contribution in [3.8, 4) is 0 Å². The van der Waals surface area contributed by atoms with Crippen molar-refractivity contribution in [1.29, 1.82) is 0 Å². The molecule has 22 heavy (non-hydrogen) atoms. The molecule has 5 nitrogen and oxygen atoms in total. The third kappa shape index (κ3) is 4.08. The molecule has 1 N–H and O–H groups in total. The van der Waals surface area contributed by atoms with Gasteiger partial charge < -0.3 is 10.2 Å². The maximum Gasteiger partial charge on any atom is 0.406 e. The van der Waals surface area contributed by atoms with E-state index in [0.29, 0.717) is 18.1 Å². The van der Waals surface area contributed by atoms with Crippen LogP contribution < -0.4 is 5.32 Å². The van der Waals surface area contributed by atoms with E-state index in [4.69, 9.17) is 0 Å². The predicted octanol–water partition coefficient (Wildman–Crippen LogP) is 2.48. The van der Waals surface area contributed by atoms with E-state index in [-0.39, 0.29) is 12.5 Å². The number of aromatic nitrogens is 2. The van der Waals surface area contributed by atoms with Gasteiger partial charge in [0.1, 0.15) is 24.2 Å².